The van der Waals surface area contributed by atoms with E-state index in [1.165, 1.54) is 0 Å². The van der Waals surface area contributed by atoms with E-state index in [2.05, 4.69) is 17.5 Å². The molecular weight excluding hydrogens is 172 g/mol. The molecule has 0 aromatic carbocycles. The average Bonchev–Trinajstić information content (AvgIpc) is 2.04. The van der Waals surface area contributed by atoms with Gasteiger partial charge in [-0.25, -0.2) is 4.79 Å². The fourth-order valence-electron chi connectivity index (χ4n) is 0.907. The third kappa shape index (κ3) is 2.05. The second kappa shape index (κ2) is 3.85. The van der Waals surface area contributed by atoms with Crippen molar-refractivity contribution in [2.24, 2.45) is 5.73 Å². The van der Waals surface area contributed by atoms with E-state index >= 15 is 0 Å². The first-order valence-electron chi connectivity index (χ1n) is 3.41. The molecule has 1 aliphatic rings. The molecule has 0 radical (unpaired) electrons. The van der Waals surface area contributed by atoms with Crippen LogP contribution < -0.4 is 11.1 Å². The minimum absolute atomic E-state index is 0.157. The molecule has 0 amide bonds. The number of hydrogen-bond donors (Lipinski definition) is 2. The molecular formula is C8H8N2OS. The molecule has 1 aliphatic carbocycles. The molecule has 0 saturated heterocycles. The lowest BCUT2D eigenvalue weighted by molar-refractivity contribution is 0.566. The third-order valence-electron chi connectivity index (χ3n) is 1.43. The quantitative estimate of drug-likeness (QED) is 0.453. The molecule has 0 fully saturated rings. The van der Waals surface area contributed by atoms with Crippen LogP contribution in [-0.2, 0) is 4.79 Å². The maximum absolute atomic E-state index is 10.4. The summed E-state index contributed by atoms with van der Waals surface area (Å²) >= 11 is 4.64. The number of nitrogens with two attached hydrogens (primary N) is 1. The van der Waals surface area contributed by atoms with Gasteiger partial charge in [-0.2, -0.15) is 0 Å². The van der Waals surface area contributed by atoms with Crippen LogP contribution in [0.25, 0.3) is 0 Å². The molecule has 0 aromatic rings. The largest absolute Gasteiger partial charge is 0.376 e. The first kappa shape index (κ1) is 8.71. The monoisotopic (exact) mass is 180 g/mol. The van der Waals surface area contributed by atoms with Crippen LogP contribution >= 0.6 is 12.2 Å². The average molecular weight is 180 g/mol. The van der Waals surface area contributed by atoms with Gasteiger partial charge in [-0.05, 0) is 18.3 Å². The predicted octanol–water partition coefficient (Wildman–Crippen LogP) is 0.421. The first-order valence-corrected chi connectivity index (χ1v) is 3.82. The zero-order chi connectivity index (χ0) is 8.97. The molecule has 12 heavy (non-hydrogen) atoms. The molecule has 0 heterocycles. The van der Waals surface area contributed by atoms with Crippen LogP contribution in [0.2, 0.25) is 0 Å². The fourth-order valence-corrected chi connectivity index (χ4v) is 1.02. The summed E-state index contributed by atoms with van der Waals surface area (Å²) in [6, 6.07) is 0. The summed E-state index contributed by atoms with van der Waals surface area (Å²) in [6.45, 7) is 0. The van der Waals surface area contributed by atoms with E-state index in [0.717, 1.165) is 0 Å². The maximum atomic E-state index is 10.4. The SMILES string of the molecule is NC(=S)NC1=CC=CCC1=C=O. The van der Waals surface area contributed by atoms with Crippen molar-refractivity contribution in [2.75, 3.05) is 0 Å². The lowest BCUT2D eigenvalue weighted by atomic mass is 10.1. The van der Waals surface area contributed by atoms with E-state index < -0.39 is 0 Å². The Bertz CT molecular complexity index is 311. The van der Waals surface area contributed by atoms with Crippen molar-refractivity contribution in [1.82, 2.24) is 5.32 Å². The van der Waals surface area contributed by atoms with Crippen LogP contribution in [0.15, 0.2) is 29.5 Å². The Morgan fingerprint density at radius 2 is 2.50 bits per heavy atom. The summed E-state index contributed by atoms with van der Waals surface area (Å²) in [4.78, 5) is 10.4. The standard InChI is InChI=1S/C8H8N2OS/c9-8(12)10-7-4-2-1-3-6(7)5-11/h1-2,4H,3H2,(H3,9,10,12). The highest BCUT2D eigenvalue weighted by Crippen LogP contribution is 2.13. The number of carbonyl (C=O) groups excluding carboxylic acids is 1. The van der Waals surface area contributed by atoms with Crippen molar-refractivity contribution in [2.45, 2.75) is 6.42 Å². The highest BCUT2D eigenvalue weighted by molar-refractivity contribution is 7.80. The summed E-state index contributed by atoms with van der Waals surface area (Å²) in [7, 11) is 0. The zero-order valence-electron chi connectivity index (χ0n) is 6.33. The highest BCUT2D eigenvalue weighted by atomic mass is 32.1. The van der Waals surface area contributed by atoms with Gasteiger partial charge >= 0.3 is 0 Å². The summed E-state index contributed by atoms with van der Waals surface area (Å²) in [5.74, 6) is 1.83. The van der Waals surface area contributed by atoms with Gasteiger partial charge in [0.25, 0.3) is 0 Å². The Labute approximate surface area is 75.6 Å². The van der Waals surface area contributed by atoms with Crippen LogP contribution in [0.1, 0.15) is 6.42 Å². The van der Waals surface area contributed by atoms with Gasteiger partial charge in [0.2, 0.25) is 0 Å². The molecule has 0 aromatic heterocycles. The lowest BCUT2D eigenvalue weighted by Crippen LogP contribution is -2.29. The molecule has 0 unspecified atom stereocenters. The number of thiocarbonyl (C=S) groups is 1. The van der Waals surface area contributed by atoms with Crippen LogP contribution in [0.5, 0.6) is 0 Å². The molecule has 1 rings (SSSR count). The Hall–Kier alpha value is -1.38. The van der Waals surface area contributed by atoms with E-state index in [1.54, 1.807) is 6.08 Å². The first-order chi connectivity index (χ1) is 5.74. The van der Waals surface area contributed by atoms with Gasteiger partial charge < -0.3 is 11.1 Å². The summed E-state index contributed by atoms with van der Waals surface area (Å²) in [5, 5.41) is 2.86. The second-order valence-electron chi connectivity index (χ2n) is 2.28. The smallest absolute Gasteiger partial charge is 0.168 e. The van der Waals surface area contributed by atoms with Gasteiger partial charge in [0, 0.05) is 6.42 Å². The van der Waals surface area contributed by atoms with Crippen LogP contribution in [-0.4, -0.2) is 11.1 Å². The van der Waals surface area contributed by atoms with Crippen molar-refractivity contribution in [1.29, 1.82) is 0 Å². The van der Waals surface area contributed by atoms with Crippen molar-refractivity contribution in [3.05, 3.63) is 29.5 Å². The van der Waals surface area contributed by atoms with E-state index in [-0.39, 0.29) is 5.11 Å². The Kier molecular flexibility index (Phi) is 2.80. The number of hydrogen-bond acceptors (Lipinski definition) is 2. The number of allylic oxidation sites excluding steroid dienone is 4. The zero-order valence-corrected chi connectivity index (χ0v) is 7.15. The number of nitrogens with one attached hydrogen (secondary N) is 1. The Balaban J connectivity index is 2.84. The highest BCUT2D eigenvalue weighted by Gasteiger charge is 2.07. The van der Waals surface area contributed by atoms with Crippen LogP contribution in [0.4, 0.5) is 0 Å². The number of rotatable bonds is 1. The van der Waals surface area contributed by atoms with Gasteiger partial charge in [-0.15, -0.1) is 0 Å². The minimum atomic E-state index is 0.157. The van der Waals surface area contributed by atoms with Gasteiger partial charge in [-0.1, -0.05) is 12.2 Å². The molecule has 0 bridgehead atoms. The maximum Gasteiger partial charge on any atom is 0.168 e. The molecule has 62 valence electrons. The second-order valence-corrected chi connectivity index (χ2v) is 2.72. The summed E-state index contributed by atoms with van der Waals surface area (Å²) < 4.78 is 0. The van der Waals surface area contributed by atoms with Crippen LogP contribution in [0.3, 0.4) is 0 Å². The molecule has 3 N–H and O–H groups in total. The van der Waals surface area contributed by atoms with E-state index in [1.807, 2.05) is 18.1 Å². The topological polar surface area (TPSA) is 55.1 Å². The van der Waals surface area contributed by atoms with Crippen molar-refractivity contribution in [3.8, 4) is 0 Å². The molecule has 0 atom stereocenters. The Morgan fingerprint density at radius 3 is 3.08 bits per heavy atom. The normalized spacial score (nSPS) is 15.0. The van der Waals surface area contributed by atoms with Crippen molar-refractivity contribution in [3.63, 3.8) is 0 Å². The third-order valence-corrected chi connectivity index (χ3v) is 1.53. The molecule has 3 nitrogen and oxygen atoms in total. The van der Waals surface area contributed by atoms with Gasteiger partial charge in [-0.3, -0.25) is 0 Å². The van der Waals surface area contributed by atoms with Crippen molar-refractivity contribution < 1.29 is 4.79 Å². The van der Waals surface area contributed by atoms with Crippen molar-refractivity contribution >= 4 is 23.3 Å². The van der Waals surface area contributed by atoms with E-state index in [0.29, 0.717) is 17.7 Å². The van der Waals surface area contributed by atoms with Crippen LogP contribution in [0, 0.1) is 0 Å². The Morgan fingerprint density at radius 1 is 1.75 bits per heavy atom. The lowest BCUT2D eigenvalue weighted by Gasteiger charge is -2.10. The van der Waals surface area contributed by atoms with Gasteiger partial charge in [0.15, 0.2) is 5.11 Å². The summed E-state index contributed by atoms with van der Waals surface area (Å²) in [6.07, 6.45) is 6.01. The molecule has 4 heteroatoms. The van der Waals surface area contributed by atoms with E-state index in [9.17, 15) is 4.79 Å². The predicted molar refractivity (Wildman–Crippen MR) is 51.0 cm³/mol. The minimum Gasteiger partial charge on any atom is -0.376 e. The van der Waals surface area contributed by atoms with Gasteiger partial charge in [0.1, 0.15) is 5.94 Å². The molecule has 0 saturated carbocycles. The van der Waals surface area contributed by atoms with Gasteiger partial charge in [0.05, 0.1) is 11.3 Å². The summed E-state index contributed by atoms with van der Waals surface area (Å²) in [5.41, 5.74) is 6.44. The van der Waals surface area contributed by atoms with E-state index in [4.69, 9.17) is 5.73 Å². The molecule has 0 aliphatic heterocycles. The molecule has 0 spiro atoms. The fraction of sp³-hybridized carbons (Fsp3) is 0.125.